The summed E-state index contributed by atoms with van der Waals surface area (Å²) in [7, 11) is 0. The highest BCUT2D eigenvalue weighted by atomic mass is 19.1. The Kier molecular flexibility index (Phi) is 3.10. The first-order chi connectivity index (χ1) is 5.52. The summed E-state index contributed by atoms with van der Waals surface area (Å²) in [5.41, 5.74) is -0.998. The fraction of sp³-hybridized carbons (Fsp3) is 1.00. The fourth-order valence-electron chi connectivity index (χ4n) is 1.65. The number of alkyl halides is 1. The Bertz CT molecular complexity index is 137. The molecule has 1 fully saturated rings. The van der Waals surface area contributed by atoms with Crippen molar-refractivity contribution in [2.45, 2.75) is 51.7 Å². The lowest BCUT2D eigenvalue weighted by molar-refractivity contribution is 0.0995. The van der Waals surface area contributed by atoms with Gasteiger partial charge < -0.3 is 5.32 Å². The van der Waals surface area contributed by atoms with Crippen LogP contribution in [-0.4, -0.2) is 18.3 Å². The van der Waals surface area contributed by atoms with Crippen LogP contribution in [0.15, 0.2) is 0 Å². The summed E-state index contributed by atoms with van der Waals surface area (Å²) >= 11 is 0. The molecular formula is C10H20FN. The van der Waals surface area contributed by atoms with Gasteiger partial charge in [-0.1, -0.05) is 13.8 Å². The molecule has 0 aliphatic carbocycles. The minimum absolute atomic E-state index is 0.125. The summed E-state index contributed by atoms with van der Waals surface area (Å²) in [5, 5.41) is 3.33. The van der Waals surface area contributed by atoms with Crippen molar-refractivity contribution in [1.29, 1.82) is 0 Å². The lowest BCUT2D eigenvalue weighted by atomic mass is 9.87. The maximum Gasteiger partial charge on any atom is 0.112 e. The van der Waals surface area contributed by atoms with Gasteiger partial charge in [0.05, 0.1) is 0 Å². The van der Waals surface area contributed by atoms with E-state index in [0.29, 0.717) is 12.5 Å². The Balaban J connectivity index is 2.37. The average Bonchev–Trinajstić information content (AvgIpc) is 2.38. The first-order valence-corrected chi connectivity index (χ1v) is 4.94. The van der Waals surface area contributed by atoms with Crippen LogP contribution < -0.4 is 5.32 Å². The molecule has 1 rings (SSSR count). The Labute approximate surface area is 74.7 Å². The van der Waals surface area contributed by atoms with Gasteiger partial charge in [0.2, 0.25) is 0 Å². The highest BCUT2D eigenvalue weighted by molar-refractivity contribution is 4.86. The number of nitrogens with one attached hydrogen (secondary N) is 1. The van der Waals surface area contributed by atoms with Gasteiger partial charge in [-0.2, -0.15) is 0 Å². The van der Waals surface area contributed by atoms with Crippen LogP contribution >= 0.6 is 0 Å². The third-order valence-corrected chi connectivity index (χ3v) is 3.01. The van der Waals surface area contributed by atoms with E-state index < -0.39 is 5.67 Å². The molecule has 0 aromatic rings. The maximum absolute atomic E-state index is 13.8. The van der Waals surface area contributed by atoms with Crippen LogP contribution in [-0.2, 0) is 0 Å². The summed E-state index contributed by atoms with van der Waals surface area (Å²) in [6, 6.07) is 0.419. The molecule has 0 spiro atoms. The SMILES string of the molecule is CC(C)C(C)(F)CC1CCCN1. The predicted molar refractivity (Wildman–Crippen MR) is 50.0 cm³/mol. The standard InChI is InChI=1S/C10H20FN/c1-8(2)10(3,11)7-9-5-4-6-12-9/h8-9,12H,4-7H2,1-3H3. The van der Waals surface area contributed by atoms with Gasteiger partial charge in [-0.05, 0) is 38.6 Å². The van der Waals surface area contributed by atoms with Crippen molar-refractivity contribution in [1.82, 2.24) is 5.32 Å². The molecule has 2 heteroatoms. The van der Waals surface area contributed by atoms with Crippen molar-refractivity contribution < 1.29 is 4.39 Å². The molecule has 1 heterocycles. The number of hydrogen-bond donors (Lipinski definition) is 1. The third kappa shape index (κ3) is 2.44. The molecule has 12 heavy (non-hydrogen) atoms. The molecule has 0 aromatic heterocycles. The molecule has 2 atom stereocenters. The molecule has 0 amide bonds. The second-order valence-electron chi connectivity index (χ2n) is 4.43. The smallest absolute Gasteiger partial charge is 0.112 e. The third-order valence-electron chi connectivity index (χ3n) is 3.01. The van der Waals surface area contributed by atoms with Crippen LogP contribution in [0.25, 0.3) is 0 Å². The van der Waals surface area contributed by atoms with E-state index in [1.807, 2.05) is 13.8 Å². The Hall–Kier alpha value is -0.110. The predicted octanol–water partition coefficient (Wildman–Crippen LogP) is 2.51. The highest BCUT2D eigenvalue weighted by Gasteiger charge is 2.31. The molecule has 1 aliphatic heterocycles. The van der Waals surface area contributed by atoms with E-state index in [0.717, 1.165) is 13.0 Å². The van der Waals surface area contributed by atoms with Crippen molar-refractivity contribution in [2.75, 3.05) is 6.54 Å². The average molecular weight is 173 g/mol. The lowest BCUT2D eigenvalue weighted by Gasteiger charge is -2.27. The summed E-state index contributed by atoms with van der Waals surface area (Å²) in [4.78, 5) is 0. The molecule has 0 bridgehead atoms. The summed E-state index contributed by atoms with van der Waals surface area (Å²) in [6.45, 7) is 6.69. The molecule has 1 saturated heterocycles. The van der Waals surface area contributed by atoms with Gasteiger partial charge in [-0.3, -0.25) is 0 Å². The summed E-state index contributed by atoms with van der Waals surface area (Å²) in [5.74, 6) is 0.125. The van der Waals surface area contributed by atoms with E-state index in [9.17, 15) is 4.39 Å². The molecule has 2 unspecified atom stereocenters. The Morgan fingerprint density at radius 2 is 2.25 bits per heavy atom. The Morgan fingerprint density at radius 1 is 1.58 bits per heavy atom. The monoisotopic (exact) mass is 173 g/mol. The van der Waals surface area contributed by atoms with Crippen molar-refractivity contribution in [3.05, 3.63) is 0 Å². The summed E-state index contributed by atoms with van der Waals surface area (Å²) < 4.78 is 13.8. The van der Waals surface area contributed by atoms with Crippen LogP contribution in [0.5, 0.6) is 0 Å². The van der Waals surface area contributed by atoms with Crippen LogP contribution in [0, 0.1) is 5.92 Å². The van der Waals surface area contributed by atoms with E-state index in [2.05, 4.69) is 5.32 Å². The molecular weight excluding hydrogens is 153 g/mol. The second kappa shape index (κ2) is 3.73. The topological polar surface area (TPSA) is 12.0 Å². The first-order valence-electron chi connectivity index (χ1n) is 4.94. The van der Waals surface area contributed by atoms with Crippen molar-refractivity contribution >= 4 is 0 Å². The molecule has 72 valence electrons. The normalized spacial score (nSPS) is 29.2. The molecule has 0 saturated carbocycles. The molecule has 1 N–H and O–H groups in total. The zero-order valence-corrected chi connectivity index (χ0v) is 8.36. The van der Waals surface area contributed by atoms with Gasteiger partial charge >= 0.3 is 0 Å². The summed E-state index contributed by atoms with van der Waals surface area (Å²) in [6.07, 6.45) is 3.02. The van der Waals surface area contributed by atoms with E-state index >= 15 is 0 Å². The zero-order chi connectivity index (χ0) is 9.19. The van der Waals surface area contributed by atoms with Gasteiger partial charge in [0.15, 0.2) is 0 Å². The van der Waals surface area contributed by atoms with E-state index in [4.69, 9.17) is 0 Å². The van der Waals surface area contributed by atoms with Gasteiger partial charge in [0.1, 0.15) is 5.67 Å². The quantitative estimate of drug-likeness (QED) is 0.691. The first kappa shape index (κ1) is 9.97. The van der Waals surface area contributed by atoms with E-state index in [1.165, 1.54) is 6.42 Å². The van der Waals surface area contributed by atoms with E-state index in [-0.39, 0.29) is 5.92 Å². The fourth-order valence-corrected chi connectivity index (χ4v) is 1.65. The maximum atomic E-state index is 13.8. The molecule has 1 aliphatic rings. The van der Waals surface area contributed by atoms with Crippen molar-refractivity contribution in [3.63, 3.8) is 0 Å². The lowest BCUT2D eigenvalue weighted by Crippen LogP contribution is -2.35. The molecule has 0 radical (unpaired) electrons. The van der Waals surface area contributed by atoms with E-state index in [1.54, 1.807) is 6.92 Å². The minimum atomic E-state index is -0.998. The molecule has 1 nitrogen and oxygen atoms in total. The van der Waals surface area contributed by atoms with Crippen molar-refractivity contribution in [2.24, 2.45) is 5.92 Å². The van der Waals surface area contributed by atoms with Crippen LogP contribution in [0.2, 0.25) is 0 Å². The van der Waals surface area contributed by atoms with Gasteiger partial charge in [0, 0.05) is 6.04 Å². The largest absolute Gasteiger partial charge is 0.314 e. The number of rotatable bonds is 3. The number of hydrogen-bond acceptors (Lipinski definition) is 1. The molecule has 0 aromatic carbocycles. The second-order valence-corrected chi connectivity index (χ2v) is 4.43. The Morgan fingerprint density at radius 3 is 2.67 bits per heavy atom. The van der Waals surface area contributed by atoms with Crippen LogP contribution in [0.1, 0.15) is 40.0 Å². The zero-order valence-electron chi connectivity index (χ0n) is 8.36. The highest BCUT2D eigenvalue weighted by Crippen LogP contribution is 2.29. The van der Waals surface area contributed by atoms with Crippen molar-refractivity contribution in [3.8, 4) is 0 Å². The van der Waals surface area contributed by atoms with Crippen LogP contribution in [0.4, 0.5) is 4.39 Å². The number of halogens is 1. The minimum Gasteiger partial charge on any atom is -0.314 e. The van der Waals surface area contributed by atoms with Gasteiger partial charge in [-0.15, -0.1) is 0 Å². The van der Waals surface area contributed by atoms with Gasteiger partial charge in [-0.25, -0.2) is 4.39 Å². The van der Waals surface area contributed by atoms with Gasteiger partial charge in [0.25, 0.3) is 0 Å². The van der Waals surface area contributed by atoms with Crippen LogP contribution in [0.3, 0.4) is 0 Å².